The third-order valence-electron chi connectivity index (χ3n) is 4.55. The highest BCUT2D eigenvalue weighted by atomic mass is 16.6. The average molecular weight is 422 g/mol. The Kier molecular flexibility index (Phi) is 6.44. The van der Waals surface area contributed by atoms with E-state index in [9.17, 15) is 9.59 Å². The van der Waals surface area contributed by atoms with E-state index < -0.39 is 17.7 Å². The van der Waals surface area contributed by atoms with Crippen molar-refractivity contribution >= 4 is 17.7 Å². The molecule has 3 rings (SSSR count). The molecule has 162 valence electrons. The Labute approximate surface area is 181 Å². The van der Waals surface area contributed by atoms with Crippen molar-refractivity contribution in [3.8, 4) is 22.5 Å². The number of aryl methyl sites for hydroxylation is 2. The second kappa shape index (κ2) is 9.04. The van der Waals surface area contributed by atoms with Crippen LogP contribution in [0.2, 0.25) is 0 Å². The van der Waals surface area contributed by atoms with Crippen LogP contribution in [0.1, 0.15) is 38.4 Å². The van der Waals surface area contributed by atoms with Gasteiger partial charge in [0.15, 0.2) is 5.76 Å². The maximum Gasteiger partial charge on any atom is 0.412 e. The molecule has 31 heavy (non-hydrogen) atoms. The molecule has 0 saturated carbocycles. The predicted octanol–water partition coefficient (Wildman–Crippen LogP) is 5.68. The largest absolute Gasteiger partial charge is 0.481 e. The van der Waals surface area contributed by atoms with Crippen molar-refractivity contribution in [3.63, 3.8) is 0 Å². The molecule has 0 aliphatic carbocycles. The van der Waals surface area contributed by atoms with Crippen molar-refractivity contribution in [1.29, 1.82) is 0 Å². The quantitative estimate of drug-likeness (QED) is 0.530. The van der Waals surface area contributed by atoms with E-state index in [1.807, 2.05) is 48.5 Å². The zero-order chi connectivity index (χ0) is 22.6. The Morgan fingerprint density at radius 1 is 1.00 bits per heavy atom. The average Bonchev–Trinajstić information content (AvgIpc) is 3.06. The van der Waals surface area contributed by atoms with E-state index in [-0.39, 0.29) is 6.42 Å². The normalized spacial score (nSPS) is 11.2. The first-order valence-corrected chi connectivity index (χ1v) is 10.0. The van der Waals surface area contributed by atoms with E-state index in [0.717, 1.165) is 22.3 Å². The zero-order valence-electron chi connectivity index (χ0n) is 18.1. The number of nitrogens with zero attached hydrogens (tertiary/aromatic N) is 1. The maximum absolute atomic E-state index is 12.2. The molecule has 7 heteroatoms. The Balaban J connectivity index is 1.76. The van der Waals surface area contributed by atoms with Crippen LogP contribution in [0, 0.1) is 6.92 Å². The number of amides is 1. The number of hydrogen-bond donors (Lipinski definition) is 2. The molecule has 1 amide bonds. The highest BCUT2D eigenvalue weighted by Gasteiger charge is 2.21. The van der Waals surface area contributed by atoms with E-state index in [1.165, 1.54) is 0 Å². The number of ether oxygens (including phenoxy) is 1. The highest BCUT2D eigenvalue weighted by molar-refractivity contribution is 5.91. The fourth-order valence-corrected chi connectivity index (χ4v) is 3.05. The summed E-state index contributed by atoms with van der Waals surface area (Å²) in [6.45, 7) is 7.14. The molecule has 0 fully saturated rings. The van der Waals surface area contributed by atoms with Gasteiger partial charge in [-0.05, 0) is 50.8 Å². The van der Waals surface area contributed by atoms with E-state index >= 15 is 0 Å². The first-order chi connectivity index (χ1) is 14.6. The van der Waals surface area contributed by atoms with Gasteiger partial charge < -0.3 is 14.4 Å². The lowest BCUT2D eigenvalue weighted by molar-refractivity contribution is -0.136. The molecular formula is C24H26N2O5. The number of carbonyl (C=O) groups is 2. The van der Waals surface area contributed by atoms with Gasteiger partial charge in [-0.15, -0.1) is 0 Å². The number of benzene rings is 2. The molecular weight excluding hydrogens is 396 g/mol. The van der Waals surface area contributed by atoms with E-state index in [2.05, 4.69) is 10.5 Å². The van der Waals surface area contributed by atoms with Crippen LogP contribution in [0.25, 0.3) is 22.5 Å². The summed E-state index contributed by atoms with van der Waals surface area (Å²) in [6, 6.07) is 15.5. The van der Waals surface area contributed by atoms with Crippen LogP contribution < -0.4 is 5.32 Å². The number of carboxylic acid groups (broad SMARTS) is 1. The molecule has 0 atom stereocenters. The molecule has 1 aromatic heterocycles. The molecule has 3 aromatic rings. The molecule has 0 radical (unpaired) electrons. The minimum absolute atomic E-state index is 0.115. The summed E-state index contributed by atoms with van der Waals surface area (Å²) < 4.78 is 10.8. The SMILES string of the molecule is Cc1noc(-c2ccc(-c3ccc(CCC(=O)O)cc3)cc2)c1NC(=O)OC(C)(C)C. The van der Waals surface area contributed by atoms with E-state index in [1.54, 1.807) is 27.7 Å². The lowest BCUT2D eigenvalue weighted by Crippen LogP contribution is -2.27. The van der Waals surface area contributed by atoms with Crippen molar-refractivity contribution in [2.24, 2.45) is 0 Å². The molecule has 1 heterocycles. The number of hydrogen-bond acceptors (Lipinski definition) is 5. The van der Waals surface area contributed by atoms with Gasteiger partial charge in [0.2, 0.25) is 0 Å². The van der Waals surface area contributed by atoms with Crippen LogP contribution in [0.4, 0.5) is 10.5 Å². The zero-order valence-corrected chi connectivity index (χ0v) is 18.1. The van der Waals surface area contributed by atoms with Gasteiger partial charge in [0.1, 0.15) is 17.0 Å². The van der Waals surface area contributed by atoms with Crippen molar-refractivity contribution in [2.75, 3.05) is 5.32 Å². The molecule has 0 bridgehead atoms. The fourth-order valence-electron chi connectivity index (χ4n) is 3.05. The van der Waals surface area contributed by atoms with Gasteiger partial charge in [-0.1, -0.05) is 53.7 Å². The number of anilines is 1. The number of nitrogens with one attached hydrogen (secondary N) is 1. The highest BCUT2D eigenvalue weighted by Crippen LogP contribution is 2.33. The molecule has 2 N–H and O–H groups in total. The van der Waals surface area contributed by atoms with Crippen molar-refractivity contribution in [1.82, 2.24) is 5.16 Å². The summed E-state index contributed by atoms with van der Waals surface area (Å²) in [5.74, 6) is -0.346. The van der Waals surface area contributed by atoms with Gasteiger partial charge in [-0.25, -0.2) is 4.79 Å². The second-order valence-electron chi connectivity index (χ2n) is 8.27. The van der Waals surface area contributed by atoms with Crippen molar-refractivity contribution in [3.05, 3.63) is 59.8 Å². The fraction of sp³-hybridized carbons (Fsp3) is 0.292. The van der Waals surface area contributed by atoms with Crippen molar-refractivity contribution in [2.45, 2.75) is 46.1 Å². The number of aliphatic carboxylic acids is 1. The van der Waals surface area contributed by atoms with Gasteiger partial charge in [0.05, 0.1) is 0 Å². The summed E-state index contributed by atoms with van der Waals surface area (Å²) in [5.41, 5.74) is 4.20. The standard InChI is InChI=1S/C24H26N2O5/c1-15-21(25-23(29)30-24(2,3)4)22(31-26-15)19-12-10-18(11-13-19)17-8-5-16(6-9-17)7-14-20(27)28/h5-6,8-13H,7,14H2,1-4H3,(H,25,29)(H,27,28). The van der Waals surface area contributed by atoms with Gasteiger partial charge in [-0.2, -0.15) is 0 Å². The van der Waals surface area contributed by atoms with Crippen LogP contribution in [0.15, 0.2) is 53.1 Å². The molecule has 7 nitrogen and oxygen atoms in total. The van der Waals surface area contributed by atoms with Crippen LogP contribution >= 0.6 is 0 Å². The van der Waals surface area contributed by atoms with Crippen molar-refractivity contribution < 1.29 is 24.0 Å². The molecule has 0 unspecified atom stereocenters. The first-order valence-electron chi connectivity index (χ1n) is 10.0. The molecule has 0 aliphatic rings. The Bertz CT molecular complexity index is 1060. The Morgan fingerprint density at radius 3 is 2.10 bits per heavy atom. The summed E-state index contributed by atoms with van der Waals surface area (Å²) >= 11 is 0. The van der Waals surface area contributed by atoms with E-state index in [4.69, 9.17) is 14.4 Å². The Morgan fingerprint density at radius 2 is 1.55 bits per heavy atom. The summed E-state index contributed by atoms with van der Waals surface area (Å²) in [4.78, 5) is 22.9. The van der Waals surface area contributed by atoms with Gasteiger partial charge in [0, 0.05) is 12.0 Å². The van der Waals surface area contributed by atoms with E-state index in [0.29, 0.717) is 23.6 Å². The predicted molar refractivity (Wildman–Crippen MR) is 118 cm³/mol. The minimum atomic E-state index is -0.803. The third-order valence-corrected chi connectivity index (χ3v) is 4.55. The smallest absolute Gasteiger partial charge is 0.412 e. The maximum atomic E-state index is 12.2. The summed E-state index contributed by atoms with van der Waals surface area (Å²) in [6.07, 6.45) is 0.0524. The topological polar surface area (TPSA) is 102 Å². The van der Waals surface area contributed by atoms with Crippen LogP contribution in [-0.4, -0.2) is 27.9 Å². The Hall–Kier alpha value is -3.61. The second-order valence-corrected chi connectivity index (χ2v) is 8.27. The molecule has 0 aliphatic heterocycles. The number of aromatic nitrogens is 1. The molecule has 0 spiro atoms. The number of rotatable bonds is 6. The van der Waals surface area contributed by atoms with Crippen LogP contribution in [-0.2, 0) is 16.0 Å². The first kappa shape index (κ1) is 22.1. The van der Waals surface area contributed by atoms with Gasteiger partial charge in [-0.3, -0.25) is 10.1 Å². The summed E-state index contributed by atoms with van der Waals surface area (Å²) in [7, 11) is 0. The minimum Gasteiger partial charge on any atom is -0.481 e. The summed E-state index contributed by atoms with van der Waals surface area (Å²) in [5, 5.41) is 15.5. The number of carbonyl (C=O) groups excluding carboxylic acids is 1. The van der Waals surface area contributed by atoms with Gasteiger partial charge >= 0.3 is 12.1 Å². The number of carboxylic acids is 1. The lowest BCUT2D eigenvalue weighted by Gasteiger charge is -2.19. The van der Waals surface area contributed by atoms with Crippen LogP contribution in [0.5, 0.6) is 0 Å². The van der Waals surface area contributed by atoms with Crippen LogP contribution in [0.3, 0.4) is 0 Å². The lowest BCUT2D eigenvalue weighted by atomic mass is 10.0. The monoisotopic (exact) mass is 422 g/mol. The third kappa shape index (κ3) is 5.94. The van der Waals surface area contributed by atoms with Gasteiger partial charge in [0.25, 0.3) is 0 Å². The molecule has 0 saturated heterocycles. The molecule has 2 aromatic carbocycles.